The number of benzene rings is 1. The van der Waals surface area contributed by atoms with Crippen molar-refractivity contribution in [1.82, 2.24) is 24.5 Å². The summed E-state index contributed by atoms with van der Waals surface area (Å²) >= 11 is 12.6. The van der Waals surface area contributed by atoms with Crippen molar-refractivity contribution >= 4 is 34.9 Å². The summed E-state index contributed by atoms with van der Waals surface area (Å²) in [4.78, 5) is 0. The van der Waals surface area contributed by atoms with Crippen molar-refractivity contribution in [3.05, 3.63) is 62.9 Å². The van der Waals surface area contributed by atoms with E-state index in [4.69, 9.17) is 23.2 Å². The Kier molecular flexibility index (Phi) is 5.70. The molecular weight excluding hydrogens is 407 g/mol. The lowest BCUT2D eigenvalue weighted by molar-refractivity contribution is 0.627. The SMILES string of the molecule is Cc1nn(Cc2ccc(Cl)cc2)c(Cl)c1/C=C(\C#N)c1nnc2n1CCCCC2. The van der Waals surface area contributed by atoms with Crippen LogP contribution < -0.4 is 0 Å². The maximum absolute atomic E-state index is 9.80. The summed E-state index contributed by atoms with van der Waals surface area (Å²) < 4.78 is 3.79. The zero-order valence-corrected chi connectivity index (χ0v) is 17.6. The van der Waals surface area contributed by atoms with Crippen LogP contribution in [0.2, 0.25) is 10.2 Å². The van der Waals surface area contributed by atoms with Crippen molar-refractivity contribution in [3.63, 3.8) is 0 Å². The van der Waals surface area contributed by atoms with Gasteiger partial charge in [0.15, 0.2) is 5.82 Å². The fourth-order valence-corrected chi connectivity index (χ4v) is 3.99. The number of hydrogen-bond donors (Lipinski definition) is 0. The number of nitriles is 1. The maximum atomic E-state index is 9.80. The van der Waals surface area contributed by atoms with E-state index in [-0.39, 0.29) is 0 Å². The first kappa shape index (κ1) is 19.7. The van der Waals surface area contributed by atoms with Crippen LogP contribution in [-0.4, -0.2) is 24.5 Å². The molecule has 4 rings (SSSR count). The van der Waals surface area contributed by atoms with Crippen molar-refractivity contribution < 1.29 is 0 Å². The van der Waals surface area contributed by atoms with Crippen LogP contribution in [0, 0.1) is 18.3 Å². The van der Waals surface area contributed by atoms with Crippen LogP contribution >= 0.6 is 23.2 Å². The highest BCUT2D eigenvalue weighted by Gasteiger charge is 2.20. The summed E-state index contributed by atoms with van der Waals surface area (Å²) in [6, 6.07) is 9.83. The lowest BCUT2D eigenvalue weighted by Gasteiger charge is -2.06. The van der Waals surface area contributed by atoms with Crippen LogP contribution in [0.5, 0.6) is 0 Å². The average molecular weight is 427 g/mol. The van der Waals surface area contributed by atoms with E-state index < -0.39 is 0 Å². The predicted octanol–water partition coefficient (Wildman–Crippen LogP) is 4.93. The Bertz CT molecular complexity index is 1100. The standard InChI is InChI=1S/C21H20Cl2N6/c1-14-18(20(23)29(27-14)13-15-6-8-17(22)9-7-15)11-16(12-24)21-26-25-19-5-3-2-4-10-28(19)21/h6-9,11H,2-5,10,13H2,1H3/b16-11+. The monoisotopic (exact) mass is 426 g/mol. The number of allylic oxidation sites excluding steroid dienone is 1. The first-order valence-corrected chi connectivity index (χ1v) is 10.3. The number of fused-ring (bicyclic) bond motifs is 1. The summed E-state index contributed by atoms with van der Waals surface area (Å²) in [5, 5.41) is 24.1. The van der Waals surface area contributed by atoms with E-state index >= 15 is 0 Å². The van der Waals surface area contributed by atoms with Gasteiger partial charge in [0.1, 0.15) is 17.0 Å². The van der Waals surface area contributed by atoms with Crippen molar-refractivity contribution in [3.8, 4) is 6.07 Å². The zero-order valence-electron chi connectivity index (χ0n) is 16.1. The molecule has 2 aromatic heterocycles. The van der Waals surface area contributed by atoms with Gasteiger partial charge in [-0.05, 0) is 43.5 Å². The van der Waals surface area contributed by atoms with Gasteiger partial charge in [0, 0.05) is 23.6 Å². The van der Waals surface area contributed by atoms with Crippen molar-refractivity contribution in [2.45, 2.75) is 45.7 Å². The molecule has 0 amide bonds. The van der Waals surface area contributed by atoms with Gasteiger partial charge >= 0.3 is 0 Å². The molecular formula is C21H20Cl2N6. The number of hydrogen-bond acceptors (Lipinski definition) is 4. The van der Waals surface area contributed by atoms with Gasteiger partial charge in [-0.25, -0.2) is 4.68 Å². The largest absolute Gasteiger partial charge is 0.310 e. The quantitative estimate of drug-likeness (QED) is 0.554. The summed E-state index contributed by atoms with van der Waals surface area (Å²) in [6.07, 6.45) is 5.99. The normalized spacial score (nSPS) is 14.3. The van der Waals surface area contributed by atoms with Gasteiger partial charge in [-0.3, -0.25) is 0 Å². The van der Waals surface area contributed by atoms with E-state index in [0.29, 0.717) is 28.1 Å². The van der Waals surface area contributed by atoms with Crippen LogP contribution in [0.3, 0.4) is 0 Å². The molecule has 6 nitrogen and oxygen atoms in total. The third kappa shape index (κ3) is 4.07. The molecule has 0 saturated heterocycles. The van der Waals surface area contributed by atoms with Crippen LogP contribution in [0.15, 0.2) is 24.3 Å². The molecule has 3 aromatic rings. The Morgan fingerprint density at radius 2 is 1.97 bits per heavy atom. The molecule has 148 valence electrons. The van der Waals surface area contributed by atoms with Crippen LogP contribution in [-0.2, 0) is 19.5 Å². The molecule has 3 heterocycles. The Morgan fingerprint density at radius 1 is 1.17 bits per heavy atom. The van der Waals surface area contributed by atoms with E-state index in [1.54, 1.807) is 10.8 Å². The van der Waals surface area contributed by atoms with Gasteiger partial charge in [-0.2, -0.15) is 10.4 Å². The average Bonchev–Trinajstić information content (AvgIpc) is 3.12. The zero-order chi connectivity index (χ0) is 20.4. The van der Waals surface area contributed by atoms with Crippen molar-refractivity contribution in [2.24, 2.45) is 0 Å². The first-order chi connectivity index (χ1) is 14.1. The van der Waals surface area contributed by atoms with Crippen LogP contribution in [0.25, 0.3) is 11.6 Å². The Balaban J connectivity index is 1.68. The fraction of sp³-hybridized carbons (Fsp3) is 0.333. The highest BCUT2D eigenvalue weighted by molar-refractivity contribution is 6.31. The Morgan fingerprint density at radius 3 is 2.72 bits per heavy atom. The molecule has 0 bridgehead atoms. The molecule has 1 aliphatic rings. The summed E-state index contributed by atoms with van der Waals surface area (Å²) in [5.41, 5.74) is 2.97. The van der Waals surface area contributed by atoms with Crippen LogP contribution in [0.4, 0.5) is 0 Å². The van der Waals surface area contributed by atoms with Crippen molar-refractivity contribution in [1.29, 1.82) is 5.26 Å². The van der Waals surface area contributed by atoms with Gasteiger partial charge in [-0.1, -0.05) is 41.8 Å². The molecule has 0 unspecified atom stereocenters. The molecule has 29 heavy (non-hydrogen) atoms. The van der Waals surface area contributed by atoms with Gasteiger partial charge in [0.2, 0.25) is 0 Å². The van der Waals surface area contributed by atoms with Gasteiger partial charge in [0.25, 0.3) is 0 Å². The van der Waals surface area contributed by atoms with Gasteiger partial charge < -0.3 is 4.57 Å². The minimum atomic E-state index is 0.446. The molecule has 1 aliphatic heterocycles. The molecule has 1 aromatic carbocycles. The Labute approximate surface area is 179 Å². The minimum absolute atomic E-state index is 0.446. The van der Waals surface area contributed by atoms with E-state index in [0.717, 1.165) is 54.9 Å². The van der Waals surface area contributed by atoms with Gasteiger partial charge in [-0.15, -0.1) is 10.2 Å². The lowest BCUT2D eigenvalue weighted by Crippen LogP contribution is -2.05. The predicted molar refractivity (Wildman–Crippen MR) is 114 cm³/mol. The molecule has 0 aliphatic carbocycles. The second-order valence-corrected chi connectivity index (χ2v) is 7.94. The highest BCUT2D eigenvalue weighted by Crippen LogP contribution is 2.27. The summed E-state index contributed by atoms with van der Waals surface area (Å²) in [6.45, 7) is 3.24. The minimum Gasteiger partial charge on any atom is -0.310 e. The third-order valence-electron chi connectivity index (χ3n) is 5.11. The van der Waals surface area contributed by atoms with E-state index in [1.165, 1.54) is 0 Å². The first-order valence-electron chi connectivity index (χ1n) is 9.58. The van der Waals surface area contributed by atoms with Crippen molar-refractivity contribution in [2.75, 3.05) is 0 Å². The number of aromatic nitrogens is 5. The molecule has 0 fully saturated rings. The third-order valence-corrected chi connectivity index (χ3v) is 5.77. The molecule has 0 spiro atoms. The van der Waals surface area contributed by atoms with Crippen LogP contribution in [0.1, 0.15) is 47.7 Å². The van der Waals surface area contributed by atoms with E-state index in [2.05, 4.69) is 25.9 Å². The molecule has 0 atom stereocenters. The second-order valence-electron chi connectivity index (χ2n) is 7.15. The smallest absolute Gasteiger partial charge is 0.174 e. The van der Waals surface area contributed by atoms with E-state index in [1.807, 2.05) is 31.2 Å². The lowest BCUT2D eigenvalue weighted by atomic mass is 10.1. The Hall–Kier alpha value is -2.62. The molecule has 8 heteroatoms. The number of nitrogens with zero attached hydrogens (tertiary/aromatic N) is 6. The molecule has 0 radical (unpaired) electrons. The fourth-order valence-electron chi connectivity index (χ4n) is 3.57. The maximum Gasteiger partial charge on any atom is 0.174 e. The summed E-state index contributed by atoms with van der Waals surface area (Å²) in [5.74, 6) is 1.55. The topological polar surface area (TPSA) is 72.3 Å². The highest BCUT2D eigenvalue weighted by atomic mass is 35.5. The number of aryl methyl sites for hydroxylation is 2. The molecule has 0 saturated carbocycles. The summed E-state index contributed by atoms with van der Waals surface area (Å²) in [7, 11) is 0. The van der Waals surface area contributed by atoms with Gasteiger partial charge in [0.05, 0.1) is 17.8 Å². The number of halogens is 2. The molecule has 0 N–H and O–H groups in total. The van der Waals surface area contributed by atoms with E-state index in [9.17, 15) is 5.26 Å². The second kappa shape index (κ2) is 8.40. The number of rotatable bonds is 4.